The van der Waals surface area contributed by atoms with Crippen LogP contribution in [0.5, 0.6) is 0 Å². The SMILES string of the molecule is CC(C)COCC(O)CNC(=O)c1ccc(Cl)o1. The Morgan fingerprint density at radius 1 is 1.50 bits per heavy atom. The number of ether oxygens (including phenoxy) is 1. The molecule has 6 heteroatoms. The number of hydrogen-bond acceptors (Lipinski definition) is 4. The van der Waals surface area contributed by atoms with Crippen LogP contribution in [-0.4, -0.2) is 36.9 Å². The molecule has 1 rings (SSSR count). The van der Waals surface area contributed by atoms with Crippen molar-refractivity contribution < 1.29 is 19.1 Å². The summed E-state index contributed by atoms with van der Waals surface area (Å²) < 4.78 is 10.2. The van der Waals surface area contributed by atoms with Gasteiger partial charge < -0.3 is 19.6 Å². The van der Waals surface area contributed by atoms with Gasteiger partial charge in [-0.3, -0.25) is 4.79 Å². The summed E-state index contributed by atoms with van der Waals surface area (Å²) in [7, 11) is 0. The first-order chi connectivity index (χ1) is 8.49. The van der Waals surface area contributed by atoms with Crippen molar-refractivity contribution >= 4 is 17.5 Å². The molecule has 102 valence electrons. The molecule has 0 aliphatic heterocycles. The number of rotatable bonds is 7. The van der Waals surface area contributed by atoms with Crippen molar-refractivity contribution in [2.24, 2.45) is 5.92 Å². The average Bonchev–Trinajstić information content (AvgIpc) is 2.72. The van der Waals surface area contributed by atoms with Crippen molar-refractivity contribution in [1.29, 1.82) is 0 Å². The first-order valence-corrected chi connectivity index (χ1v) is 6.16. The number of halogens is 1. The number of aliphatic hydroxyl groups excluding tert-OH is 1. The van der Waals surface area contributed by atoms with Crippen LogP contribution in [0.1, 0.15) is 24.4 Å². The molecule has 1 aromatic rings. The van der Waals surface area contributed by atoms with E-state index >= 15 is 0 Å². The molecule has 1 atom stereocenters. The van der Waals surface area contributed by atoms with Crippen molar-refractivity contribution in [2.75, 3.05) is 19.8 Å². The number of furan rings is 1. The first kappa shape index (κ1) is 15.0. The van der Waals surface area contributed by atoms with Gasteiger partial charge in [0.05, 0.1) is 12.7 Å². The maximum atomic E-state index is 11.5. The number of carbonyl (C=O) groups is 1. The third kappa shape index (κ3) is 5.53. The normalized spacial score (nSPS) is 12.7. The molecule has 0 aliphatic carbocycles. The van der Waals surface area contributed by atoms with Crippen LogP contribution in [0.3, 0.4) is 0 Å². The standard InChI is InChI=1S/C12H18ClNO4/c1-8(2)6-17-7-9(15)5-14-12(16)10-3-4-11(13)18-10/h3-4,8-9,15H,5-7H2,1-2H3,(H,14,16). The Morgan fingerprint density at radius 2 is 2.22 bits per heavy atom. The van der Waals surface area contributed by atoms with Crippen molar-refractivity contribution in [3.8, 4) is 0 Å². The molecule has 2 N–H and O–H groups in total. The van der Waals surface area contributed by atoms with Gasteiger partial charge in [-0.15, -0.1) is 0 Å². The second kappa shape index (κ2) is 7.41. The predicted octanol–water partition coefficient (Wildman–Crippen LogP) is 1.70. The Labute approximate surface area is 111 Å². The lowest BCUT2D eigenvalue weighted by atomic mass is 10.2. The van der Waals surface area contributed by atoms with E-state index in [1.54, 1.807) is 0 Å². The lowest BCUT2D eigenvalue weighted by molar-refractivity contribution is 0.0257. The summed E-state index contributed by atoms with van der Waals surface area (Å²) in [6.45, 7) is 4.93. The molecule has 18 heavy (non-hydrogen) atoms. The van der Waals surface area contributed by atoms with Crippen molar-refractivity contribution in [3.05, 3.63) is 23.1 Å². The largest absolute Gasteiger partial charge is 0.440 e. The smallest absolute Gasteiger partial charge is 0.287 e. The highest BCUT2D eigenvalue weighted by molar-refractivity contribution is 6.29. The molecular formula is C12H18ClNO4. The topological polar surface area (TPSA) is 71.7 Å². The molecule has 1 amide bonds. The summed E-state index contributed by atoms with van der Waals surface area (Å²) in [6.07, 6.45) is -0.738. The van der Waals surface area contributed by atoms with E-state index in [0.717, 1.165) is 0 Å². The molecule has 0 fully saturated rings. The zero-order valence-corrected chi connectivity index (χ0v) is 11.2. The van der Waals surface area contributed by atoms with Gasteiger partial charge >= 0.3 is 0 Å². The maximum absolute atomic E-state index is 11.5. The molecular weight excluding hydrogens is 258 g/mol. The van der Waals surface area contributed by atoms with Gasteiger partial charge in [-0.2, -0.15) is 0 Å². The minimum Gasteiger partial charge on any atom is -0.440 e. The van der Waals surface area contributed by atoms with Crippen LogP contribution in [-0.2, 0) is 4.74 Å². The van der Waals surface area contributed by atoms with Crippen LogP contribution in [0.2, 0.25) is 5.22 Å². The summed E-state index contributed by atoms with van der Waals surface area (Å²) in [5.74, 6) is 0.122. The van der Waals surface area contributed by atoms with Crippen LogP contribution < -0.4 is 5.32 Å². The molecule has 1 aromatic heterocycles. The molecule has 0 spiro atoms. The first-order valence-electron chi connectivity index (χ1n) is 5.78. The van der Waals surface area contributed by atoms with Crippen LogP contribution >= 0.6 is 11.6 Å². The highest BCUT2D eigenvalue weighted by Crippen LogP contribution is 2.12. The minimum absolute atomic E-state index is 0.106. The summed E-state index contributed by atoms with van der Waals surface area (Å²) in [5, 5.41) is 12.2. The van der Waals surface area contributed by atoms with Crippen molar-refractivity contribution in [2.45, 2.75) is 20.0 Å². The summed E-state index contributed by atoms with van der Waals surface area (Å²) in [4.78, 5) is 11.5. The fourth-order valence-corrected chi connectivity index (χ4v) is 1.38. The van der Waals surface area contributed by atoms with Gasteiger partial charge in [-0.05, 0) is 29.7 Å². The van der Waals surface area contributed by atoms with Crippen LogP contribution in [0, 0.1) is 5.92 Å². The van der Waals surface area contributed by atoms with Gasteiger partial charge in [0.2, 0.25) is 0 Å². The molecule has 0 saturated heterocycles. The maximum Gasteiger partial charge on any atom is 0.287 e. The fraction of sp³-hybridized carbons (Fsp3) is 0.583. The van der Waals surface area contributed by atoms with E-state index in [-0.39, 0.29) is 24.1 Å². The van der Waals surface area contributed by atoms with Crippen molar-refractivity contribution in [1.82, 2.24) is 5.32 Å². The molecule has 0 aliphatic rings. The van der Waals surface area contributed by atoms with Gasteiger partial charge in [0.1, 0.15) is 0 Å². The highest BCUT2D eigenvalue weighted by atomic mass is 35.5. The van der Waals surface area contributed by atoms with Gasteiger partial charge in [0.15, 0.2) is 11.0 Å². The summed E-state index contributed by atoms with van der Waals surface area (Å²) >= 11 is 5.55. The molecule has 0 aromatic carbocycles. The number of amides is 1. The molecule has 1 unspecified atom stereocenters. The molecule has 5 nitrogen and oxygen atoms in total. The van der Waals surface area contributed by atoms with Crippen LogP contribution in [0.15, 0.2) is 16.5 Å². The van der Waals surface area contributed by atoms with Crippen LogP contribution in [0.25, 0.3) is 0 Å². The molecule has 0 radical (unpaired) electrons. The quantitative estimate of drug-likeness (QED) is 0.794. The zero-order valence-electron chi connectivity index (χ0n) is 10.5. The Bertz CT molecular complexity index is 378. The van der Waals surface area contributed by atoms with Gasteiger partial charge in [0, 0.05) is 13.2 Å². The van der Waals surface area contributed by atoms with Gasteiger partial charge in [-0.25, -0.2) is 0 Å². The Hall–Kier alpha value is -1.04. The second-order valence-electron chi connectivity index (χ2n) is 4.40. The molecule has 1 heterocycles. The average molecular weight is 276 g/mol. The second-order valence-corrected chi connectivity index (χ2v) is 4.77. The van der Waals surface area contributed by atoms with E-state index in [9.17, 15) is 9.90 Å². The van der Waals surface area contributed by atoms with E-state index in [1.165, 1.54) is 12.1 Å². The highest BCUT2D eigenvalue weighted by Gasteiger charge is 2.12. The van der Waals surface area contributed by atoms with E-state index in [4.69, 9.17) is 20.8 Å². The minimum atomic E-state index is -0.738. The fourth-order valence-electron chi connectivity index (χ4n) is 1.23. The predicted molar refractivity (Wildman–Crippen MR) is 67.7 cm³/mol. The Kier molecular flexibility index (Phi) is 6.18. The molecule has 0 bridgehead atoms. The van der Waals surface area contributed by atoms with E-state index < -0.39 is 12.0 Å². The monoisotopic (exact) mass is 275 g/mol. The van der Waals surface area contributed by atoms with E-state index in [0.29, 0.717) is 12.5 Å². The number of hydrogen-bond donors (Lipinski definition) is 2. The third-order valence-corrected chi connectivity index (χ3v) is 2.26. The van der Waals surface area contributed by atoms with Gasteiger partial charge in [-0.1, -0.05) is 13.8 Å². The van der Waals surface area contributed by atoms with E-state index in [2.05, 4.69) is 5.32 Å². The van der Waals surface area contributed by atoms with Crippen LogP contribution in [0.4, 0.5) is 0 Å². The Balaban J connectivity index is 2.22. The van der Waals surface area contributed by atoms with Crippen molar-refractivity contribution in [3.63, 3.8) is 0 Å². The lowest BCUT2D eigenvalue weighted by Gasteiger charge is -2.12. The lowest BCUT2D eigenvalue weighted by Crippen LogP contribution is -2.34. The zero-order chi connectivity index (χ0) is 13.5. The molecule has 0 saturated carbocycles. The van der Waals surface area contributed by atoms with E-state index in [1.807, 2.05) is 13.8 Å². The summed E-state index contributed by atoms with van der Waals surface area (Å²) in [5.41, 5.74) is 0. The summed E-state index contributed by atoms with van der Waals surface area (Å²) in [6, 6.07) is 2.96. The van der Waals surface area contributed by atoms with Gasteiger partial charge in [0.25, 0.3) is 5.91 Å². The number of carbonyl (C=O) groups excluding carboxylic acids is 1. The number of nitrogens with one attached hydrogen (secondary N) is 1. The third-order valence-electron chi connectivity index (χ3n) is 2.06. The number of aliphatic hydroxyl groups is 1. The Morgan fingerprint density at radius 3 is 2.78 bits per heavy atom.